The lowest BCUT2D eigenvalue weighted by Gasteiger charge is -2.07. The number of fused-ring (bicyclic) bond motifs is 2. The summed E-state index contributed by atoms with van der Waals surface area (Å²) in [5.41, 5.74) is 11.2. The number of aliphatic imine (C=N–C) groups is 1. The Bertz CT molecular complexity index is 1300. The molecule has 2 heterocycles. The van der Waals surface area contributed by atoms with Crippen LogP contribution in [0.3, 0.4) is 0 Å². The van der Waals surface area contributed by atoms with E-state index in [1.165, 1.54) is 0 Å². The summed E-state index contributed by atoms with van der Waals surface area (Å²) >= 11 is 0. The molecule has 0 aliphatic carbocycles. The molecule has 0 bridgehead atoms. The van der Waals surface area contributed by atoms with Crippen molar-refractivity contribution in [3.8, 4) is 5.88 Å². The lowest BCUT2D eigenvalue weighted by Crippen LogP contribution is -2.03. The van der Waals surface area contributed by atoms with Gasteiger partial charge in [-0.15, -0.1) is 0 Å². The molecule has 5 rings (SSSR count). The molecule has 5 N–H and O–H groups in total. The number of hydrogen-bond donors (Lipinski definition) is 4. The molecule has 0 saturated heterocycles. The SMILES string of the molecule is Nc1ccc2[nH]c(O)c(C(=Nc3nc4ccccc4[nH]3)c3ccccc3)c2c1. The van der Waals surface area contributed by atoms with Crippen molar-refractivity contribution in [2.75, 3.05) is 5.73 Å². The minimum atomic E-state index is 0.0410. The van der Waals surface area contributed by atoms with E-state index in [0.717, 1.165) is 27.5 Å². The number of nitrogens with zero attached hydrogens (tertiary/aromatic N) is 2. The quantitative estimate of drug-likeness (QED) is 0.279. The number of nitrogens with two attached hydrogens (primary N) is 1. The Kier molecular flexibility index (Phi) is 3.62. The van der Waals surface area contributed by atoms with Gasteiger partial charge in [-0.1, -0.05) is 42.5 Å². The summed E-state index contributed by atoms with van der Waals surface area (Å²) in [6.45, 7) is 0. The number of rotatable bonds is 3. The summed E-state index contributed by atoms with van der Waals surface area (Å²) < 4.78 is 0. The smallest absolute Gasteiger partial charge is 0.228 e. The Morgan fingerprint density at radius 2 is 1.68 bits per heavy atom. The fourth-order valence-electron chi connectivity index (χ4n) is 3.39. The van der Waals surface area contributed by atoms with Crippen molar-refractivity contribution < 1.29 is 5.11 Å². The van der Waals surface area contributed by atoms with Gasteiger partial charge < -0.3 is 20.8 Å². The predicted molar refractivity (Wildman–Crippen MR) is 112 cm³/mol. The molecule has 6 heteroatoms. The van der Waals surface area contributed by atoms with Crippen LogP contribution in [0.1, 0.15) is 11.1 Å². The fraction of sp³-hybridized carbons (Fsp3) is 0. The predicted octanol–water partition coefficient (Wildman–Crippen LogP) is 4.50. The molecule has 0 unspecified atom stereocenters. The van der Waals surface area contributed by atoms with Crippen LogP contribution in [0.5, 0.6) is 5.88 Å². The number of aromatic amines is 2. The minimum absolute atomic E-state index is 0.0410. The van der Waals surface area contributed by atoms with Crippen LogP contribution in [0.15, 0.2) is 77.8 Å². The normalized spacial score (nSPS) is 12.1. The molecule has 0 saturated carbocycles. The summed E-state index contributed by atoms with van der Waals surface area (Å²) in [5.74, 6) is 0.511. The Hall–Kier alpha value is -4.06. The second-order valence-corrected chi connectivity index (χ2v) is 6.56. The van der Waals surface area contributed by atoms with Crippen LogP contribution in [-0.4, -0.2) is 25.8 Å². The first-order valence-corrected chi connectivity index (χ1v) is 8.88. The maximum absolute atomic E-state index is 10.7. The Morgan fingerprint density at radius 1 is 0.893 bits per heavy atom. The molecule has 5 aromatic rings. The van der Waals surface area contributed by atoms with Gasteiger partial charge in [-0.2, -0.15) is 0 Å². The molecule has 0 atom stereocenters. The molecule has 2 aromatic heterocycles. The summed E-state index contributed by atoms with van der Waals surface area (Å²) in [6.07, 6.45) is 0. The fourth-order valence-corrected chi connectivity index (χ4v) is 3.39. The van der Waals surface area contributed by atoms with E-state index < -0.39 is 0 Å². The zero-order chi connectivity index (χ0) is 19.1. The summed E-state index contributed by atoms with van der Waals surface area (Å²) in [4.78, 5) is 15.6. The number of nitrogen functional groups attached to an aromatic ring is 1. The number of benzene rings is 3. The third-order valence-corrected chi connectivity index (χ3v) is 4.68. The Labute approximate surface area is 160 Å². The number of hydrogen-bond acceptors (Lipinski definition) is 4. The Morgan fingerprint density at radius 3 is 2.50 bits per heavy atom. The van der Waals surface area contributed by atoms with Crippen LogP contribution in [0.4, 0.5) is 11.6 Å². The molecule has 0 aliphatic heterocycles. The number of aromatic hydroxyl groups is 1. The van der Waals surface area contributed by atoms with Crippen LogP contribution in [0.2, 0.25) is 0 Å². The minimum Gasteiger partial charge on any atom is -0.494 e. The largest absolute Gasteiger partial charge is 0.494 e. The number of anilines is 1. The first-order valence-electron chi connectivity index (χ1n) is 8.88. The van der Waals surface area contributed by atoms with Gasteiger partial charge in [0, 0.05) is 22.2 Å². The maximum Gasteiger partial charge on any atom is 0.228 e. The van der Waals surface area contributed by atoms with Crippen molar-refractivity contribution in [1.82, 2.24) is 15.0 Å². The van der Waals surface area contributed by atoms with E-state index in [-0.39, 0.29) is 5.88 Å². The molecule has 136 valence electrons. The molecule has 0 radical (unpaired) electrons. The third-order valence-electron chi connectivity index (χ3n) is 4.68. The second kappa shape index (κ2) is 6.28. The monoisotopic (exact) mass is 367 g/mol. The van der Waals surface area contributed by atoms with Gasteiger partial charge >= 0.3 is 0 Å². The lowest BCUT2D eigenvalue weighted by atomic mass is 10.0. The molecule has 3 aromatic carbocycles. The van der Waals surface area contributed by atoms with Gasteiger partial charge in [0.15, 0.2) is 5.88 Å². The van der Waals surface area contributed by atoms with Gasteiger partial charge in [0.2, 0.25) is 5.95 Å². The highest BCUT2D eigenvalue weighted by molar-refractivity contribution is 6.22. The highest BCUT2D eigenvalue weighted by Gasteiger charge is 2.19. The molecule has 0 spiro atoms. The molecule has 0 aliphatic rings. The average Bonchev–Trinajstić information content (AvgIpc) is 3.26. The van der Waals surface area contributed by atoms with Crippen LogP contribution in [-0.2, 0) is 0 Å². The van der Waals surface area contributed by atoms with Gasteiger partial charge in [-0.05, 0) is 30.3 Å². The van der Waals surface area contributed by atoms with Gasteiger partial charge in [0.25, 0.3) is 0 Å². The first kappa shape index (κ1) is 16.1. The average molecular weight is 367 g/mol. The summed E-state index contributed by atoms with van der Waals surface area (Å²) in [6, 6.07) is 22.9. The van der Waals surface area contributed by atoms with Crippen LogP contribution in [0, 0.1) is 0 Å². The van der Waals surface area contributed by atoms with Crippen molar-refractivity contribution >= 4 is 39.3 Å². The van der Waals surface area contributed by atoms with Crippen molar-refractivity contribution in [1.29, 1.82) is 0 Å². The topological polar surface area (TPSA) is 103 Å². The number of H-pyrrole nitrogens is 2. The number of nitrogens with one attached hydrogen (secondary N) is 2. The standard InChI is InChI=1S/C22H17N5O/c23-14-10-11-16-15(12-14)19(21(28)24-16)20(13-6-2-1-3-7-13)27-22-25-17-8-4-5-9-18(17)26-22/h1-12,24,28H,23H2,(H,25,26). The van der Waals surface area contributed by atoms with E-state index in [9.17, 15) is 5.11 Å². The van der Waals surface area contributed by atoms with Gasteiger partial charge in [0.1, 0.15) is 0 Å². The van der Waals surface area contributed by atoms with E-state index in [4.69, 9.17) is 10.7 Å². The molecule has 0 amide bonds. The third kappa shape index (κ3) is 2.68. The van der Waals surface area contributed by atoms with E-state index in [2.05, 4.69) is 15.0 Å². The number of aromatic nitrogens is 3. The zero-order valence-electron chi connectivity index (χ0n) is 14.8. The van der Waals surface area contributed by atoms with Crippen molar-refractivity contribution in [2.45, 2.75) is 0 Å². The molecular weight excluding hydrogens is 350 g/mol. The van der Waals surface area contributed by atoms with Gasteiger partial charge in [0.05, 0.1) is 22.3 Å². The van der Waals surface area contributed by atoms with Gasteiger partial charge in [-0.25, -0.2) is 9.98 Å². The highest BCUT2D eigenvalue weighted by Crippen LogP contribution is 2.32. The second-order valence-electron chi connectivity index (χ2n) is 6.56. The van der Waals surface area contributed by atoms with Crippen LogP contribution in [0.25, 0.3) is 21.9 Å². The molecule has 6 nitrogen and oxygen atoms in total. The van der Waals surface area contributed by atoms with Crippen LogP contribution >= 0.6 is 0 Å². The van der Waals surface area contributed by atoms with E-state index in [1.807, 2.05) is 66.7 Å². The molecule has 0 fully saturated rings. The number of imidazole rings is 1. The summed E-state index contributed by atoms with van der Waals surface area (Å²) in [7, 11) is 0. The lowest BCUT2D eigenvalue weighted by molar-refractivity contribution is 0.457. The maximum atomic E-state index is 10.7. The Balaban J connectivity index is 1.79. The van der Waals surface area contributed by atoms with Crippen molar-refractivity contribution in [3.05, 3.63) is 83.9 Å². The number of para-hydroxylation sites is 2. The van der Waals surface area contributed by atoms with Gasteiger partial charge in [-0.3, -0.25) is 0 Å². The molecular formula is C22H17N5O. The van der Waals surface area contributed by atoms with E-state index in [1.54, 1.807) is 6.07 Å². The zero-order valence-corrected chi connectivity index (χ0v) is 14.8. The van der Waals surface area contributed by atoms with Crippen molar-refractivity contribution in [3.63, 3.8) is 0 Å². The summed E-state index contributed by atoms with van der Waals surface area (Å²) in [5, 5.41) is 11.5. The van der Waals surface area contributed by atoms with E-state index >= 15 is 0 Å². The van der Waals surface area contributed by atoms with E-state index in [0.29, 0.717) is 22.9 Å². The van der Waals surface area contributed by atoms with Crippen molar-refractivity contribution in [2.24, 2.45) is 4.99 Å². The van der Waals surface area contributed by atoms with Crippen LogP contribution < -0.4 is 5.73 Å². The highest BCUT2D eigenvalue weighted by atomic mass is 16.3. The first-order chi connectivity index (χ1) is 13.7. The molecule has 28 heavy (non-hydrogen) atoms.